The van der Waals surface area contributed by atoms with Gasteiger partial charge in [0.15, 0.2) is 6.61 Å². The molecule has 0 radical (unpaired) electrons. The highest BCUT2D eigenvalue weighted by Gasteiger charge is 2.11. The second-order valence-electron chi connectivity index (χ2n) is 7.12. The number of carbonyl (C=O) groups excluding carboxylic acids is 1. The van der Waals surface area contributed by atoms with Crippen molar-refractivity contribution in [3.63, 3.8) is 0 Å². The van der Waals surface area contributed by atoms with E-state index >= 15 is 0 Å². The van der Waals surface area contributed by atoms with Crippen molar-refractivity contribution >= 4 is 5.91 Å². The van der Waals surface area contributed by atoms with Crippen molar-refractivity contribution in [1.29, 1.82) is 0 Å². The first-order chi connectivity index (χ1) is 12.8. The fourth-order valence-electron chi connectivity index (χ4n) is 3.09. The van der Waals surface area contributed by atoms with E-state index in [-0.39, 0.29) is 31.6 Å². The topological polar surface area (TPSA) is 78.8 Å². The number of aromatic hydroxyl groups is 1. The quantitative estimate of drug-likeness (QED) is 0.666. The molecule has 5 heteroatoms. The lowest BCUT2D eigenvalue weighted by Gasteiger charge is -2.15. The third-order valence-electron chi connectivity index (χ3n) is 4.57. The number of hydrogen-bond acceptors (Lipinski definition) is 4. The van der Waals surface area contributed by atoms with Crippen molar-refractivity contribution in [2.45, 2.75) is 40.0 Å². The van der Waals surface area contributed by atoms with Gasteiger partial charge in [-0.2, -0.15) is 0 Å². The van der Waals surface area contributed by atoms with Crippen molar-refractivity contribution < 1.29 is 19.7 Å². The molecule has 5 nitrogen and oxygen atoms in total. The number of phenolic OH excluding ortho intramolecular Hbond substituents is 1. The second-order valence-corrected chi connectivity index (χ2v) is 7.12. The number of aryl methyl sites for hydroxylation is 2. The summed E-state index contributed by atoms with van der Waals surface area (Å²) in [4.78, 5) is 11.6. The van der Waals surface area contributed by atoms with E-state index in [1.54, 1.807) is 6.07 Å². The van der Waals surface area contributed by atoms with Crippen molar-refractivity contribution in [2.75, 3.05) is 19.8 Å². The number of hydrogen-bond donors (Lipinski definition) is 3. The molecule has 0 fully saturated rings. The third-order valence-corrected chi connectivity index (χ3v) is 4.57. The number of ether oxygens (including phenoxy) is 1. The predicted octanol–water partition coefficient (Wildman–Crippen LogP) is 3.21. The second kappa shape index (κ2) is 9.42. The van der Waals surface area contributed by atoms with Crippen molar-refractivity contribution in [1.82, 2.24) is 5.32 Å². The van der Waals surface area contributed by atoms with Gasteiger partial charge in [-0.1, -0.05) is 26.0 Å². The number of phenols is 1. The van der Waals surface area contributed by atoms with Gasteiger partial charge < -0.3 is 20.3 Å². The van der Waals surface area contributed by atoms with Crippen LogP contribution in [0.5, 0.6) is 11.5 Å². The highest BCUT2D eigenvalue weighted by molar-refractivity contribution is 5.77. The molecule has 0 atom stereocenters. The third kappa shape index (κ3) is 5.73. The molecule has 0 saturated heterocycles. The van der Waals surface area contributed by atoms with E-state index in [0.29, 0.717) is 11.5 Å². The van der Waals surface area contributed by atoms with E-state index in [4.69, 9.17) is 9.84 Å². The highest BCUT2D eigenvalue weighted by Crippen LogP contribution is 2.29. The van der Waals surface area contributed by atoms with Crippen LogP contribution in [0.25, 0.3) is 0 Å². The maximum atomic E-state index is 11.6. The Morgan fingerprint density at radius 3 is 2.41 bits per heavy atom. The molecule has 0 unspecified atom stereocenters. The number of benzene rings is 2. The van der Waals surface area contributed by atoms with E-state index in [1.807, 2.05) is 32.0 Å². The molecule has 0 saturated carbocycles. The Balaban J connectivity index is 2.13. The van der Waals surface area contributed by atoms with Crippen LogP contribution in [0.2, 0.25) is 0 Å². The van der Waals surface area contributed by atoms with Crippen LogP contribution in [0.15, 0.2) is 30.3 Å². The number of nitrogens with one attached hydrogen (secondary N) is 1. The zero-order valence-electron chi connectivity index (χ0n) is 16.5. The summed E-state index contributed by atoms with van der Waals surface area (Å²) in [6, 6.07) is 9.65. The van der Waals surface area contributed by atoms with Gasteiger partial charge in [-0.3, -0.25) is 4.79 Å². The Hall–Kier alpha value is -2.53. The lowest BCUT2D eigenvalue weighted by molar-refractivity contribution is -0.123. The van der Waals surface area contributed by atoms with Crippen molar-refractivity contribution in [3.05, 3.63) is 58.1 Å². The van der Waals surface area contributed by atoms with Gasteiger partial charge in [0.2, 0.25) is 0 Å². The molecule has 0 aliphatic carbocycles. The molecule has 146 valence electrons. The molecule has 0 aliphatic rings. The van der Waals surface area contributed by atoms with Gasteiger partial charge in [0.25, 0.3) is 5.91 Å². The normalized spacial score (nSPS) is 10.9. The summed E-state index contributed by atoms with van der Waals surface area (Å²) < 4.78 is 5.57. The van der Waals surface area contributed by atoms with Gasteiger partial charge in [-0.15, -0.1) is 0 Å². The summed E-state index contributed by atoms with van der Waals surface area (Å²) in [6.45, 7) is 8.26. The van der Waals surface area contributed by atoms with Crippen LogP contribution in [0, 0.1) is 13.8 Å². The van der Waals surface area contributed by atoms with Gasteiger partial charge in [-0.25, -0.2) is 0 Å². The zero-order chi connectivity index (χ0) is 20.0. The summed E-state index contributed by atoms with van der Waals surface area (Å²) in [6.07, 6.45) is 0.773. The molecule has 0 heterocycles. The Kier molecular flexibility index (Phi) is 7.25. The minimum Gasteiger partial charge on any atom is -0.508 e. The van der Waals surface area contributed by atoms with Gasteiger partial charge in [-0.05, 0) is 72.2 Å². The molecule has 2 aromatic rings. The average molecular weight is 371 g/mol. The molecular formula is C22H29NO4. The van der Waals surface area contributed by atoms with Crippen LogP contribution in [0.1, 0.15) is 47.6 Å². The van der Waals surface area contributed by atoms with Crippen LogP contribution in [-0.4, -0.2) is 35.9 Å². The van der Waals surface area contributed by atoms with E-state index < -0.39 is 0 Å². The summed E-state index contributed by atoms with van der Waals surface area (Å²) >= 11 is 0. The van der Waals surface area contributed by atoms with E-state index in [2.05, 4.69) is 25.2 Å². The first kappa shape index (κ1) is 20.8. The minimum absolute atomic E-state index is 0.0755. The molecule has 2 aromatic carbocycles. The lowest BCUT2D eigenvalue weighted by atomic mass is 9.93. The number of rotatable bonds is 8. The summed E-state index contributed by atoms with van der Waals surface area (Å²) in [5.74, 6) is 1.00. The molecule has 1 amide bonds. The van der Waals surface area contributed by atoms with Crippen LogP contribution in [0.4, 0.5) is 0 Å². The number of aliphatic hydroxyl groups is 1. The summed E-state index contributed by atoms with van der Waals surface area (Å²) in [5.41, 5.74) is 5.52. The summed E-state index contributed by atoms with van der Waals surface area (Å²) in [5, 5.41) is 21.3. The monoisotopic (exact) mass is 371 g/mol. The zero-order valence-corrected chi connectivity index (χ0v) is 16.5. The SMILES string of the molecule is Cc1cc(OCC(=O)NCCO)cc(C)c1Cc1ccc(O)c(C(C)C)c1. The van der Waals surface area contributed by atoms with Crippen LogP contribution in [0.3, 0.4) is 0 Å². The lowest BCUT2D eigenvalue weighted by Crippen LogP contribution is -2.31. The van der Waals surface area contributed by atoms with Crippen molar-refractivity contribution in [3.8, 4) is 11.5 Å². The first-order valence-corrected chi connectivity index (χ1v) is 9.24. The number of amides is 1. The van der Waals surface area contributed by atoms with E-state index in [1.165, 1.54) is 5.56 Å². The molecular weight excluding hydrogens is 342 g/mol. The average Bonchev–Trinajstić information content (AvgIpc) is 2.62. The maximum absolute atomic E-state index is 11.6. The van der Waals surface area contributed by atoms with E-state index in [9.17, 15) is 9.90 Å². The fourth-order valence-corrected chi connectivity index (χ4v) is 3.09. The van der Waals surface area contributed by atoms with Gasteiger partial charge >= 0.3 is 0 Å². The van der Waals surface area contributed by atoms with Gasteiger partial charge in [0.05, 0.1) is 6.61 Å². The Morgan fingerprint density at radius 1 is 1.15 bits per heavy atom. The molecule has 3 N–H and O–H groups in total. The minimum atomic E-state index is -0.256. The molecule has 0 aromatic heterocycles. The molecule has 2 rings (SSSR count). The summed E-state index contributed by atoms with van der Waals surface area (Å²) in [7, 11) is 0. The fraction of sp³-hybridized carbons (Fsp3) is 0.409. The van der Waals surface area contributed by atoms with Crippen LogP contribution >= 0.6 is 0 Å². The van der Waals surface area contributed by atoms with Gasteiger partial charge in [0.1, 0.15) is 11.5 Å². The number of aliphatic hydroxyl groups excluding tert-OH is 1. The van der Waals surface area contributed by atoms with Crippen LogP contribution in [-0.2, 0) is 11.2 Å². The Labute approximate surface area is 161 Å². The Morgan fingerprint density at radius 2 is 1.81 bits per heavy atom. The van der Waals surface area contributed by atoms with E-state index in [0.717, 1.165) is 28.7 Å². The molecule has 27 heavy (non-hydrogen) atoms. The standard InChI is InChI=1S/C22H29NO4/c1-14(2)19-11-17(5-6-21(19)25)12-20-15(3)9-18(10-16(20)4)27-13-22(26)23-7-8-24/h5-6,9-11,14,24-25H,7-8,12-13H2,1-4H3,(H,23,26). The smallest absolute Gasteiger partial charge is 0.258 e. The molecule has 0 bridgehead atoms. The molecule has 0 aliphatic heterocycles. The van der Waals surface area contributed by atoms with Crippen LogP contribution < -0.4 is 10.1 Å². The largest absolute Gasteiger partial charge is 0.508 e. The maximum Gasteiger partial charge on any atom is 0.258 e. The first-order valence-electron chi connectivity index (χ1n) is 9.24. The Bertz CT molecular complexity index is 776. The molecule has 0 spiro atoms. The van der Waals surface area contributed by atoms with Crippen molar-refractivity contribution in [2.24, 2.45) is 0 Å². The highest BCUT2D eigenvalue weighted by atomic mass is 16.5. The predicted molar refractivity (Wildman–Crippen MR) is 107 cm³/mol. The number of carbonyl (C=O) groups is 1. The van der Waals surface area contributed by atoms with Gasteiger partial charge in [0, 0.05) is 6.54 Å².